The van der Waals surface area contributed by atoms with Crippen molar-refractivity contribution in [3.63, 3.8) is 0 Å². The quantitative estimate of drug-likeness (QED) is 0.281. The molecule has 1 N–H and O–H groups in total. The van der Waals surface area contributed by atoms with Crippen LogP contribution in [0.15, 0.2) is 47.6 Å². The van der Waals surface area contributed by atoms with Crippen LogP contribution in [-0.4, -0.2) is 68.7 Å². The Balaban J connectivity index is 1.47. The fraction of sp³-hybridized carbons (Fsp3) is 0.455. The zero-order valence-corrected chi connectivity index (χ0v) is 27.9. The molecule has 0 aliphatic carbocycles. The lowest BCUT2D eigenvalue weighted by Crippen LogP contribution is -2.50. The highest BCUT2D eigenvalue weighted by Gasteiger charge is 2.46. The average molecular weight is 688 g/mol. The van der Waals surface area contributed by atoms with Crippen LogP contribution >= 0.6 is 0 Å². The molecule has 5 heterocycles. The standard InChI is InChI=1S/C33H36F3N5O6S/c1-19-14-25-28(37-16-19)47-32(9-12-46-13-10-32)18-40(48(25,44)45)17-23-15-22(7-6-20(23)2)26(31(4,5)30(42)43)24-8-11-41-27(21(24)3)38-39-29(41)33(34,35)36/h6-8,11,14-16,26H,9-10,12-13,17-18H2,1-5H3,(H,42,43). The van der Waals surface area contributed by atoms with E-state index in [9.17, 15) is 31.5 Å². The summed E-state index contributed by atoms with van der Waals surface area (Å²) in [5.74, 6) is -3.12. The maximum atomic E-state index is 14.3. The van der Waals surface area contributed by atoms with Crippen LogP contribution in [0.3, 0.4) is 0 Å². The molecule has 1 fully saturated rings. The van der Waals surface area contributed by atoms with Gasteiger partial charge in [0.25, 0.3) is 0 Å². The Kier molecular flexibility index (Phi) is 8.32. The highest BCUT2D eigenvalue weighted by atomic mass is 32.2. The van der Waals surface area contributed by atoms with Crippen LogP contribution in [0.1, 0.15) is 71.8 Å². The number of halogens is 3. The Morgan fingerprint density at radius 2 is 1.79 bits per heavy atom. The first kappa shape index (κ1) is 33.8. The van der Waals surface area contributed by atoms with Crippen LogP contribution in [0.4, 0.5) is 13.2 Å². The molecule has 1 saturated heterocycles. The van der Waals surface area contributed by atoms with Crippen LogP contribution < -0.4 is 4.74 Å². The van der Waals surface area contributed by atoms with Crippen molar-refractivity contribution in [1.29, 1.82) is 0 Å². The van der Waals surface area contributed by atoms with Crippen molar-refractivity contribution in [2.24, 2.45) is 5.41 Å². The number of aromatic nitrogens is 4. The zero-order chi connectivity index (χ0) is 34.8. The summed E-state index contributed by atoms with van der Waals surface area (Å²) in [6.07, 6.45) is -1.05. The Morgan fingerprint density at radius 1 is 1.08 bits per heavy atom. The molecule has 1 aromatic carbocycles. The summed E-state index contributed by atoms with van der Waals surface area (Å²) < 4.78 is 83.5. The van der Waals surface area contributed by atoms with Crippen molar-refractivity contribution in [2.45, 2.75) is 76.6 Å². The number of pyridine rings is 2. The molecule has 0 bridgehead atoms. The second kappa shape index (κ2) is 11.8. The van der Waals surface area contributed by atoms with Gasteiger partial charge in [0.1, 0.15) is 10.5 Å². The summed E-state index contributed by atoms with van der Waals surface area (Å²) in [4.78, 5) is 17.0. The number of rotatable bonds is 6. The van der Waals surface area contributed by atoms with Crippen LogP contribution in [0.2, 0.25) is 0 Å². The number of carboxylic acids is 1. The molecule has 6 rings (SSSR count). The molecule has 2 aliphatic heterocycles. The van der Waals surface area contributed by atoms with Gasteiger partial charge in [-0.1, -0.05) is 18.2 Å². The van der Waals surface area contributed by atoms with Gasteiger partial charge in [-0.25, -0.2) is 13.4 Å². The first-order chi connectivity index (χ1) is 22.4. The van der Waals surface area contributed by atoms with Gasteiger partial charge in [-0.15, -0.1) is 10.2 Å². The highest BCUT2D eigenvalue weighted by Crippen LogP contribution is 2.45. The molecular weight excluding hydrogens is 651 g/mol. The predicted octanol–water partition coefficient (Wildman–Crippen LogP) is 5.44. The summed E-state index contributed by atoms with van der Waals surface area (Å²) in [5, 5.41) is 17.5. The molecule has 0 radical (unpaired) electrons. The normalized spacial score (nSPS) is 18.7. The summed E-state index contributed by atoms with van der Waals surface area (Å²) in [5.41, 5.74) is 1.06. The Bertz CT molecular complexity index is 2020. The Morgan fingerprint density at radius 3 is 2.46 bits per heavy atom. The minimum Gasteiger partial charge on any atom is -0.481 e. The minimum atomic E-state index is -4.74. The van der Waals surface area contributed by atoms with E-state index in [1.807, 2.05) is 6.92 Å². The van der Waals surface area contributed by atoms with E-state index in [-0.39, 0.29) is 29.5 Å². The fourth-order valence-electron chi connectivity index (χ4n) is 6.66. The molecule has 1 unspecified atom stereocenters. The lowest BCUT2D eigenvalue weighted by Gasteiger charge is -2.38. The number of sulfonamides is 1. The first-order valence-corrected chi connectivity index (χ1v) is 16.9. The maximum absolute atomic E-state index is 14.3. The molecule has 4 aromatic rings. The van der Waals surface area contributed by atoms with Gasteiger partial charge in [-0.05, 0) is 80.1 Å². The van der Waals surface area contributed by atoms with Crippen LogP contribution in [-0.2, 0) is 32.3 Å². The largest absolute Gasteiger partial charge is 0.481 e. The number of carbonyl (C=O) groups is 1. The number of benzene rings is 1. The number of alkyl halides is 3. The molecule has 3 aromatic heterocycles. The monoisotopic (exact) mass is 687 g/mol. The molecule has 15 heteroatoms. The lowest BCUT2D eigenvalue weighted by atomic mass is 9.70. The number of carboxylic acid groups (broad SMARTS) is 1. The topological polar surface area (TPSA) is 136 Å². The minimum absolute atomic E-state index is 0.0278. The molecule has 11 nitrogen and oxygen atoms in total. The zero-order valence-electron chi connectivity index (χ0n) is 27.1. The second-order valence-corrected chi connectivity index (χ2v) is 15.1. The van der Waals surface area contributed by atoms with Crippen molar-refractivity contribution in [1.82, 2.24) is 23.9 Å². The number of fused-ring (bicyclic) bond motifs is 2. The molecular formula is C33H36F3N5O6S. The SMILES string of the molecule is Cc1cnc2c(c1)S(=O)(=O)N(Cc1cc(C(c3ccn4c(C(F)(F)F)nnc4c3C)C(C)(C)C(=O)O)ccc1C)CC1(CCOCC1)O2. The second-order valence-electron chi connectivity index (χ2n) is 13.2. The van der Waals surface area contributed by atoms with Crippen molar-refractivity contribution in [3.05, 3.63) is 81.9 Å². The van der Waals surface area contributed by atoms with Gasteiger partial charge < -0.3 is 14.6 Å². The highest BCUT2D eigenvalue weighted by molar-refractivity contribution is 7.89. The van der Waals surface area contributed by atoms with E-state index >= 15 is 0 Å². The average Bonchev–Trinajstić information content (AvgIpc) is 3.44. The molecule has 1 atom stereocenters. The molecule has 2 aliphatic rings. The summed E-state index contributed by atoms with van der Waals surface area (Å²) in [6, 6.07) is 8.37. The first-order valence-electron chi connectivity index (χ1n) is 15.4. The van der Waals surface area contributed by atoms with E-state index in [1.165, 1.54) is 16.6 Å². The van der Waals surface area contributed by atoms with Crippen LogP contribution in [0.5, 0.6) is 5.88 Å². The third-order valence-electron chi connectivity index (χ3n) is 9.51. The third-order valence-corrected chi connectivity index (χ3v) is 11.3. The third kappa shape index (κ3) is 5.81. The predicted molar refractivity (Wildman–Crippen MR) is 167 cm³/mol. The van der Waals surface area contributed by atoms with Crippen molar-refractivity contribution < 1.29 is 41.0 Å². The summed E-state index contributed by atoms with van der Waals surface area (Å²) in [7, 11) is -4.10. The number of hydrogen-bond donors (Lipinski definition) is 1. The van der Waals surface area contributed by atoms with E-state index in [1.54, 1.807) is 58.2 Å². The summed E-state index contributed by atoms with van der Waals surface area (Å²) >= 11 is 0. The number of aliphatic carboxylic acids is 1. The molecule has 0 saturated carbocycles. The molecule has 1 spiro atoms. The number of hydrogen-bond acceptors (Lipinski definition) is 8. The van der Waals surface area contributed by atoms with Gasteiger partial charge >= 0.3 is 12.1 Å². The van der Waals surface area contributed by atoms with Crippen molar-refractivity contribution >= 4 is 21.6 Å². The van der Waals surface area contributed by atoms with E-state index in [0.29, 0.717) is 53.9 Å². The van der Waals surface area contributed by atoms with Gasteiger partial charge in [0.15, 0.2) is 5.65 Å². The molecule has 256 valence electrons. The van der Waals surface area contributed by atoms with Crippen molar-refractivity contribution in [3.8, 4) is 5.88 Å². The Hall–Kier alpha value is -4.08. The van der Waals surface area contributed by atoms with E-state index in [0.717, 1.165) is 9.96 Å². The van der Waals surface area contributed by atoms with E-state index in [4.69, 9.17) is 9.47 Å². The van der Waals surface area contributed by atoms with E-state index < -0.39 is 44.9 Å². The maximum Gasteiger partial charge on any atom is 0.452 e. The van der Waals surface area contributed by atoms with Gasteiger partial charge in [-0.3, -0.25) is 9.20 Å². The van der Waals surface area contributed by atoms with Gasteiger partial charge in [0, 0.05) is 37.7 Å². The van der Waals surface area contributed by atoms with Gasteiger partial charge in [-0.2, -0.15) is 17.5 Å². The van der Waals surface area contributed by atoms with Crippen LogP contribution in [0, 0.1) is 26.2 Å². The van der Waals surface area contributed by atoms with Gasteiger partial charge in [0.2, 0.25) is 21.7 Å². The van der Waals surface area contributed by atoms with E-state index in [2.05, 4.69) is 15.2 Å². The summed E-state index contributed by atoms with van der Waals surface area (Å²) in [6.45, 7) is 9.08. The number of nitrogens with zero attached hydrogens (tertiary/aromatic N) is 5. The van der Waals surface area contributed by atoms with Crippen LogP contribution in [0.25, 0.3) is 5.65 Å². The molecule has 48 heavy (non-hydrogen) atoms. The molecule has 0 amide bonds. The smallest absolute Gasteiger partial charge is 0.452 e. The van der Waals surface area contributed by atoms with Crippen molar-refractivity contribution in [2.75, 3.05) is 19.8 Å². The number of ether oxygens (including phenoxy) is 2. The Labute approximate surface area is 275 Å². The fourth-order valence-corrected chi connectivity index (χ4v) is 8.30. The number of aryl methyl sites for hydroxylation is 3. The lowest BCUT2D eigenvalue weighted by molar-refractivity contribution is -0.147. The van der Waals surface area contributed by atoms with Gasteiger partial charge in [0.05, 0.1) is 25.2 Å².